The average molecular weight is 551 g/mol. The third-order valence-corrected chi connectivity index (χ3v) is 6.68. The van der Waals surface area contributed by atoms with Crippen molar-refractivity contribution in [3.05, 3.63) is 119 Å². The van der Waals surface area contributed by atoms with Crippen molar-refractivity contribution >= 4 is 28.5 Å². The molecule has 0 bridgehead atoms. The number of benzene rings is 3. The van der Waals surface area contributed by atoms with Crippen LogP contribution in [0.15, 0.2) is 96.2 Å². The number of anilines is 1. The predicted octanol–water partition coefficient (Wildman–Crippen LogP) is 4.36. The smallest absolute Gasteiger partial charge is 0.253 e. The second-order valence-electron chi connectivity index (χ2n) is 9.60. The van der Waals surface area contributed by atoms with Gasteiger partial charge in [-0.3, -0.25) is 4.79 Å². The lowest BCUT2D eigenvalue weighted by atomic mass is 10.1. The molecule has 1 amide bonds. The molecule has 0 aliphatic heterocycles. The van der Waals surface area contributed by atoms with Crippen molar-refractivity contribution in [2.45, 2.75) is 13.1 Å². The van der Waals surface area contributed by atoms with Crippen LogP contribution in [0.2, 0.25) is 0 Å². The van der Waals surface area contributed by atoms with E-state index in [0.29, 0.717) is 41.1 Å². The van der Waals surface area contributed by atoms with Crippen molar-refractivity contribution in [1.29, 1.82) is 0 Å². The molecule has 208 valence electrons. The van der Waals surface area contributed by atoms with Crippen molar-refractivity contribution in [2.24, 2.45) is 16.7 Å². The van der Waals surface area contributed by atoms with Gasteiger partial charge >= 0.3 is 0 Å². The Kier molecular flexibility index (Phi) is 7.93. The Bertz CT molecular complexity index is 1660. The zero-order valence-corrected chi connectivity index (χ0v) is 22.8. The maximum Gasteiger partial charge on any atom is 0.253 e. The van der Waals surface area contributed by atoms with E-state index in [1.807, 2.05) is 36.4 Å². The van der Waals surface area contributed by atoms with Crippen LogP contribution in [0.3, 0.4) is 0 Å². The third-order valence-electron chi connectivity index (χ3n) is 6.68. The fourth-order valence-electron chi connectivity index (χ4n) is 4.78. The van der Waals surface area contributed by atoms with Gasteiger partial charge in [-0.05, 0) is 29.3 Å². The van der Waals surface area contributed by atoms with Gasteiger partial charge in [0, 0.05) is 50.0 Å². The minimum absolute atomic E-state index is 0.0595. The number of carbonyl (C=O) groups excluding carboxylic acids is 1. The number of rotatable bonds is 9. The number of carbonyl (C=O) groups is 1. The number of amidine groups is 1. The number of hydrogen-bond donors (Lipinski definition) is 4. The molecule has 41 heavy (non-hydrogen) atoms. The van der Waals surface area contributed by atoms with Gasteiger partial charge in [-0.15, -0.1) is 5.10 Å². The van der Waals surface area contributed by atoms with Crippen molar-refractivity contribution in [2.75, 3.05) is 19.0 Å². The van der Waals surface area contributed by atoms with Crippen molar-refractivity contribution in [3.63, 3.8) is 0 Å². The zero-order chi connectivity index (χ0) is 28.9. The van der Waals surface area contributed by atoms with Crippen LogP contribution in [0.1, 0.15) is 27.0 Å². The quantitative estimate of drug-likeness (QED) is 0.0934. The zero-order valence-electron chi connectivity index (χ0n) is 22.8. The van der Waals surface area contributed by atoms with E-state index < -0.39 is 5.82 Å². The lowest BCUT2D eigenvalue weighted by Crippen LogP contribution is -2.26. The molecule has 0 aliphatic carbocycles. The summed E-state index contributed by atoms with van der Waals surface area (Å²) in [5.74, 6) is 5.29. The van der Waals surface area contributed by atoms with Crippen molar-refractivity contribution in [1.82, 2.24) is 20.4 Å². The van der Waals surface area contributed by atoms with Gasteiger partial charge in [0.05, 0.1) is 16.6 Å². The number of halogens is 1. The van der Waals surface area contributed by atoms with E-state index in [0.717, 1.165) is 16.2 Å². The summed E-state index contributed by atoms with van der Waals surface area (Å²) in [6, 6.07) is 26.8. The van der Waals surface area contributed by atoms with E-state index in [9.17, 15) is 4.79 Å². The van der Waals surface area contributed by atoms with Gasteiger partial charge in [0.15, 0.2) is 11.7 Å². The van der Waals surface area contributed by atoms with E-state index >= 15 is 4.39 Å². The number of H-pyrrole nitrogens is 1. The number of nitrogens with zero attached hydrogens (tertiary/aromatic N) is 4. The second kappa shape index (κ2) is 11.9. The highest BCUT2D eigenvalue weighted by molar-refractivity contribution is 6.10. The van der Waals surface area contributed by atoms with E-state index in [2.05, 4.69) is 44.6 Å². The third kappa shape index (κ3) is 5.87. The summed E-state index contributed by atoms with van der Waals surface area (Å²) in [7, 11) is 3.06. The van der Waals surface area contributed by atoms with Gasteiger partial charge < -0.3 is 20.9 Å². The van der Waals surface area contributed by atoms with Gasteiger partial charge in [-0.2, -0.15) is 0 Å². The van der Waals surface area contributed by atoms with E-state index in [-0.39, 0.29) is 22.9 Å². The molecule has 0 radical (unpaired) electrons. The molecule has 2 heterocycles. The first-order valence-corrected chi connectivity index (χ1v) is 13.0. The van der Waals surface area contributed by atoms with Crippen LogP contribution >= 0.6 is 0 Å². The topological polar surface area (TPSA) is 129 Å². The highest BCUT2D eigenvalue weighted by Crippen LogP contribution is 2.34. The van der Waals surface area contributed by atoms with E-state index in [1.165, 1.54) is 13.1 Å². The standard InChI is InChI=1S/C31H31FN8O/c1-35-31(41)25-17-36-30(40(18-20-10-5-3-6-11-20)19-21-12-7-4-8-13-21)28-24(25)16-26(37-28)22-14-9-15-23(27(22)32)29(33)38-39(2)34/h3-17,37H,18-19,34H2,1-2H3,(H2,33,38)(H,35,41). The number of aromatic amines is 1. The first-order valence-electron chi connectivity index (χ1n) is 13.0. The molecule has 0 fully saturated rings. The molecule has 5 rings (SSSR count). The summed E-state index contributed by atoms with van der Waals surface area (Å²) in [5.41, 5.74) is 10.0. The number of pyridine rings is 1. The lowest BCUT2D eigenvalue weighted by molar-refractivity contribution is 0.0964. The number of hydrazone groups is 1. The Morgan fingerprint density at radius 2 is 1.61 bits per heavy atom. The molecular weight excluding hydrogens is 519 g/mol. The molecule has 3 aromatic carbocycles. The largest absolute Gasteiger partial charge is 0.382 e. The fourth-order valence-corrected chi connectivity index (χ4v) is 4.78. The number of aromatic nitrogens is 2. The number of hydrogen-bond acceptors (Lipinski definition) is 6. The highest BCUT2D eigenvalue weighted by atomic mass is 19.1. The van der Waals surface area contributed by atoms with Crippen LogP contribution in [0.5, 0.6) is 0 Å². The molecule has 6 N–H and O–H groups in total. The Morgan fingerprint density at radius 1 is 0.976 bits per heavy atom. The minimum Gasteiger partial charge on any atom is -0.382 e. The maximum absolute atomic E-state index is 15.8. The Balaban J connectivity index is 1.68. The van der Waals surface area contributed by atoms with Crippen LogP contribution in [0.4, 0.5) is 10.2 Å². The number of nitrogens with two attached hydrogens (primary N) is 2. The molecule has 0 unspecified atom stereocenters. The average Bonchev–Trinajstić information content (AvgIpc) is 3.42. The molecule has 9 nitrogen and oxygen atoms in total. The molecule has 0 saturated carbocycles. The minimum atomic E-state index is -0.566. The second-order valence-corrected chi connectivity index (χ2v) is 9.60. The van der Waals surface area contributed by atoms with Crippen LogP contribution in [0, 0.1) is 5.82 Å². The van der Waals surface area contributed by atoms with Crippen LogP contribution < -0.4 is 21.8 Å². The molecule has 10 heteroatoms. The molecule has 0 spiro atoms. The molecule has 2 aromatic heterocycles. The molecule has 5 aromatic rings. The summed E-state index contributed by atoms with van der Waals surface area (Å²) in [4.78, 5) is 23.1. The summed E-state index contributed by atoms with van der Waals surface area (Å²) < 4.78 is 15.8. The normalized spacial score (nSPS) is 11.5. The van der Waals surface area contributed by atoms with Gasteiger partial charge in [-0.1, -0.05) is 66.7 Å². The van der Waals surface area contributed by atoms with Crippen LogP contribution in [0.25, 0.3) is 22.2 Å². The number of hydrazine groups is 1. The lowest BCUT2D eigenvalue weighted by Gasteiger charge is -2.25. The Hall–Kier alpha value is -5.22. The van der Waals surface area contributed by atoms with Gasteiger partial charge in [0.25, 0.3) is 5.91 Å². The molecular formula is C31H31FN8O. The number of nitrogens with one attached hydrogen (secondary N) is 2. The number of fused-ring (bicyclic) bond motifs is 1. The first-order chi connectivity index (χ1) is 19.9. The molecule has 0 aliphatic rings. The molecule has 0 atom stereocenters. The van der Waals surface area contributed by atoms with Gasteiger partial charge in [-0.25, -0.2) is 20.3 Å². The van der Waals surface area contributed by atoms with Crippen molar-refractivity contribution in [3.8, 4) is 11.3 Å². The summed E-state index contributed by atoms with van der Waals surface area (Å²) >= 11 is 0. The van der Waals surface area contributed by atoms with Gasteiger partial charge in [0.2, 0.25) is 0 Å². The van der Waals surface area contributed by atoms with Crippen molar-refractivity contribution < 1.29 is 9.18 Å². The first kappa shape index (κ1) is 27.4. The Labute approximate surface area is 237 Å². The van der Waals surface area contributed by atoms with Crippen LogP contribution in [-0.2, 0) is 13.1 Å². The summed E-state index contributed by atoms with van der Waals surface area (Å²) in [6.07, 6.45) is 1.56. The summed E-state index contributed by atoms with van der Waals surface area (Å²) in [6.45, 7) is 1.13. The Morgan fingerprint density at radius 3 is 2.20 bits per heavy atom. The predicted molar refractivity (Wildman–Crippen MR) is 160 cm³/mol. The van der Waals surface area contributed by atoms with Crippen LogP contribution in [-0.4, -0.2) is 40.9 Å². The highest BCUT2D eigenvalue weighted by Gasteiger charge is 2.22. The monoisotopic (exact) mass is 550 g/mol. The van der Waals surface area contributed by atoms with E-state index in [4.69, 9.17) is 16.6 Å². The molecule has 0 saturated heterocycles. The SMILES string of the molecule is CNC(=O)c1cnc(N(Cc2ccccc2)Cc2ccccc2)c2[nH]c(-c3cccc(/C(N)=N/N(C)N)c3F)cc12. The maximum atomic E-state index is 15.8. The summed E-state index contributed by atoms with van der Waals surface area (Å²) in [5, 5.41) is 8.25. The van der Waals surface area contributed by atoms with E-state index in [1.54, 1.807) is 31.4 Å². The van der Waals surface area contributed by atoms with Gasteiger partial charge in [0.1, 0.15) is 5.82 Å². The fraction of sp³-hybridized carbons (Fsp3) is 0.129. The number of amides is 1.